The van der Waals surface area contributed by atoms with Crippen LogP contribution in [0.4, 0.5) is 0 Å². The third-order valence-electron chi connectivity index (χ3n) is 3.06. The summed E-state index contributed by atoms with van der Waals surface area (Å²) in [5.41, 5.74) is 0.800. The van der Waals surface area contributed by atoms with Crippen LogP contribution in [0, 0.1) is 6.92 Å². The number of nitrogens with zero attached hydrogens (tertiary/aromatic N) is 2. The summed E-state index contributed by atoms with van der Waals surface area (Å²) in [6, 6.07) is 1.83. The average Bonchev–Trinajstić information content (AvgIpc) is 2.75. The lowest BCUT2D eigenvalue weighted by atomic mass is 10.0. The molecule has 1 fully saturated rings. The van der Waals surface area contributed by atoms with E-state index in [1.807, 2.05) is 20.0 Å². The lowest BCUT2D eigenvalue weighted by molar-refractivity contribution is -0.133. The first-order valence-corrected chi connectivity index (χ1v) is 6.07. The molecule has 1 aliphatic rings. The van der Waals surface area contributed by atoms with Crippen molar-refractivity contribution in [1.29, 1.82) is 0 Å². The number of aryl methyl sites for hydroxylation is 1. The maximum absolute atomic E-state index is 12.1. The molecule has 0 saturated carbocycles. The van der Waals surface area contributed by atoms with Crippen molar-refractivity contribution in [3.05, 3.63) is 17.5 Å². The van der Waals surface area contributed by atoms with Crippen molar-refractivity contribution in [2.45, 2.75) is 38.8 Å². The van der Waals surface area contributed by atoms with Crippen LogP contribution in [0.3, 0.4) is 0 Å². The predicted molar refractivity (Wildman–Crippen MR) is 63.4 cm³/mol. The Morgan fingerprint density at radius 1 is 1.65 bits per heavy atom. The zero-order chi connectivity index (χ0) is 12.3. The van der Waals surface area contributed by atoms with E-state index in [4.69, 9.17) is 4.52 Å². The average molecular weight is 237 g/mol. The number of nitrogens with one attached hydrogen (secondary N) is 1. The second-order valence-electron chi connectivity index (χ2n) is 4.63. The zero-order valence-electron chi connectivity index (χ0n) is 10.4. The largest absolute Gasteiger partial charge is 0.361 e. The van der Waals surface area contributed by atoms with Crippen molar-refractivity contribution in [2.24, 2.45) is 0 Å². The molecule has 1 aromatic rings. The van der Waals surface area contributed by atoms with E-state index < -0.39 is 0 Å². The first-order valence-electron chi connectivity index (χ1n) is 6.07. The second kappa shape index (κ2) is 5.31. The SMILES string of the molecule is Cc1cc(CN(C)C(=O)[C@@H]2CCCCN2)no1. The lowest BCUT2D eigenvalue weighted by Crippen LogP contribution is -2.47. The molecule has 0 radical (unpaired) electrons. The van der Waals surface area contributed by atoms with Crippen molar-refractivity contribution in [3.8, 4) is 0 Å². The molecule has 1 aromatic heterocycles. The molecule has 1 N–H and O–H groups in total. The van der Waals surface area contributed by atoms with Gasteiger partial charge in [0.2, 0.25) is 5.91 Å². The van der Waals surface area contributed by atoms with Gasteiger partial charge in [-0.05, 0) is 26.3 Å². The lowest BCUT2D eigenvalue weighted by Gasteiger charge is -2.26. The summed E-state index contributed by atoms with van der Waals surface area (Å²) < 4.78 is 4.99. The Balaban J connectivity index is 1.90. The third kappa shape index (κ3) is 3.06. The molecule has 1 aliphatic heterocycles. The topological polar surface area (TPSA) is 58.4 Å². The van der Waals surface area contributed by atoms with Crippen LogP contribution in [0.1, 0.15) is 30.7 Å². The number of aromatic nitrogens is 1. The summed E-state index contributed by atoms with van der Waals surface area (Å²) >= 11 is 0. The summed E-state index contributed by atoms with van der Waals surface area (Å²) in [5.74, 6) is 0.919. The first kappa shape index (κ1) is 12.1. The fourth-order valence-electron chi connectivity index (χ4n) is 2.14. The molecule has 5 nitrogen and oxygen atoms in total. The maximum Gasteiger partial charge on any atom is 0.239 e. The maximum atomic E-state index is 12.1. The van der Waals surface area contributed by atoms with E-state index in [1.165, 1.54) is 0 Å². The smallest absolute Gasteiger partial charge is 0.239 e. The highest BCUT2D eigenvalue weighted by Gasteiger charge is 2.23. The van der Waals surface area contributed by atoms with E-state index in [0.717, 1.165) is 37.3 Å². The van der Waals surface area contributed by atoms with E-state index in [1.54, 1.807) is 4.90 Å². The summed E-state index contributed by atoms with van der Waals surface area (Å²) in [5, 5.41) is 7.15. The molecule has 94 valence electrons. The van der Waals surface area contributed by atoms with Gasteiger partial charge in [0.05, 0.1) is 12.6 Å². The molecule has 0 unspecified atom stereocenters. The van der Waals surface area contributed by atoms with Crippen LogP contribution in [0.15, 0.2) is 10.6 Å². The summed E-state index contributed by atoms with van der Waals surface area (Å²) in [6.07, 6.45) is 3.22. The van der Waals surface area contributed by atoms with Gasteiger partial charge in [-0.3, -0.25) is 4.79 Å². The molecule has 1 saturated heterocycles. The monoisotopic (exact) mass is 237 g/mol. The molecule has 0 bridgehead atoms. The number of carbonyl (C=O) groups is 1. The van der Waals surface area contributed by atoms with E-state index >= 15 is 0 Å². The van der Waals surface area contributed by atoms with Gasteiger partial charge in [0.15, 0.2) is 0 Å². The van der Waals surface area contributed by atoms with Crippen molar-refractivity contribution >= 4 is 5.91 Å². The van der Waals surface area contributed by atoms with Gasteiger partial charge in [-0.15, -0.1) is 0 Å². The Labute approximate surface area is 101 Å². The minimum absolute atomic E-state index is 0.0262. The summed E-state index contributed by atoms with van der Waals surface area (Å²) in [6.45, 7) is 3.29. The van der Waals surface area contributed by atoms with Gasteiger partial charge in [0, 0.05) is 13.1 Å². The Morgan fingerprint density at radius 2 is 2.47 bits per heavy atom. The van der Waals surface area contributed by atoms with Crippen molar-refractivity contribution < 1.29 is 9.32 Å². The number of amides is 1. The van der Waals surface area contributed by atoms with Crippen LogP contribution in [0.25, 0.3) is 0 Å². The molecule has 2 heterocycles. The van der Waals surface area contributed by atoms with Crippen molar-refractivity contribution in [3.63, 3.8) is 0 Å². The molecular weight excluding hydrogens is 218 g/mol. The number of rotatable bonds is 3. The molecule has 17 heavy (non-hydrogen) atoms. The fourth-order valence-corrected chi connectivity index (χ4v) is 2.14. The highest BCUT2D eigenvalue weighted by molar-refractivity contribution is 5.81. The first-order chi connectivity index (χ1) is 8.16. The van der Waals surface area contributed by atoms with Crippen LogP contribution in [-0.4, -0.2) is 35.6 Å². The zero-order valence-corrected chi connectivity index (χ0v) is 10.4. The molecular formula is C12H19N3O2. The highest BCUT2D eigenvalue weighted by Crippen LogP contribution is 2.11. The Kier molecular flexibility index (Phi) is 3.78. The van der Waals surface area contributed by atoms with Gasteiger partial charge in [-0.1, -0.05) is 11.6 Å². The quantitative estimate of drug-likeness (QED) is 0.854. The molecule has 0 aromatic carbocycles. The normalized spacial score (nSPS) is 20.2. The van der Waals surface area contributed by atoms with Crippen LogP contribution < -0.4 is 5.32 Å². The standard InChI is InChI=1S/C12H19N3O2/c1-9-7-10(14-17-9)8-15(2)12(16)11-5-3-4-6-13-11/h7,11,13H,3-6,8H2,1-2H3/t11-/m0/s1. The second-order valence-corrected chi connectivity index (χ2v) is 4.63. The van der Waals surface area contributed by atoms with Crippen LogP contribution in [0.5, 0.6) is 0 Å². The van der Waals surface area contributed by atoms with E-state index in [-0.39, 0.29) is 11.9 Å². The molecule has 1 atom stereocenters. The number of hydrogen-bond donors (Lipinski definition) is 1. The molecule has 5 heteroatoms. The fraction of sp³-hybridized carbons (Fsp3) is 0.667. The molecule has 0 spiro atoms. The van der Waals surface area contributed by atoms with Crippen LogP contribution in [0.2, 0.25) is 0 Å². The highest BCUT2D eigenvalue weighted by atomic mass is 16.5. The third-order valence-corrected chi connectivity index (χ3v) is 3.06. The van der Waals surface area contributed by atoms with Crippen LogP contribution >= 0.6 is 0 Å². The predicted octanol–water partition coefficient (Wildman–Crippen LogP) is 1.08. The van der Waals surface area contributed by atoms with Crippen molar-refractivity contribution in [1.82, 2.24) is 15.4 Å². The van der Waals surface area contributed by atoms with Crippen LogP contribution in [-0.2, 0) is 11.3 Å². The molecule has 1 amide bonds. The van der Waals surface area contributed by atoms with E-state index in [2.05, 4.69) is 10.5 Å². The number of carbonyl (C=O) groups excluding carboxylic acids is 1. The number of hydrogen-bond acceptors (Lipinski definition) is 4. The van der Waals surface area contributed by atoms with E-state index in [9.17, 15) is 4.79 Å². The van der Waals surface area contributed by atoms with Gasteiger partial charge >= 0.3 is 0 Å². The Hall–Kier alpha value is -1.36. The van der Waals surface area contributed by atoms with Gasteiger partial charge in [-0.2, -0.15) is 0 Å². The summed E-state index contributed by atoms with van der Waals surface area (Å²) in [7, 11) is 1.81. The number of piperidine rings is 1. The summed E-state index contributed by atoms with van der Waals surface area (Å²) in [4.78, 5) is 13.8. The van der Waals surface area contributed by atoms with Crippen molar-refractivity contribution in [2.75, 3.05) is 13.6 Å². The van der Waals surface area contributed by atoms with Gasteiger partial charge in [-0.25, -0.2) is 0 Å². The minimum Gasteiger partial charge on any atom is -0.361 e. The van der Waals surface area contributed by atoms with Gasteiger partial charge in [0.25, 0.3) is 0 Å². The Morgan fingerprint density at radius 3 is 3.06 bits per heavy atom. The minimum atomic E-state index is -0.0262. The molecule has 0 aliphatic carbocycles. The molecule has 2 rings (SSSR count). The van der Waals surface area contributed by atoms with Gasteiger partial charge < -0.3 is 14.7 Å². The number of likely N-dealkylation sites (N-methyl/N-ethyl adjacent to an activating group) is 1. The van der Waals surface area contributed by atoms with Gasteiger partial charge in [0.1, 0.15) is 11.5 Å². The van der Waals surface area contributed by atoms with E-state index in [0.29, 0.717) is 6.54 Å². The Bertz CT molecular complexity index is 383.